The Bertz CT molecular complexity index is 1340. The number of rotatable bonds is 3. The van der Waals surface area contributed by atoms with E-state index >= 15 is 0 Å². The smallest absolute Gasteiger partial charge is 0.328 e. The number of aromatic nitrogens is 4. The molecule has 0 atom stereocenters. The number of fused-ring (bicyclic) bond motifs is 2. The van der Waals surface area contributed by atoms with E-state index in [-0.39, 0.29) is 17.9 Å². The zero-order valence-electron chi connectivity index (χ0n) is 15.0. The van der Waals surface area contributed by atoms with Gasteiger partial charge in [0.25, 0.3) is 5.91 Å². The Morgan fingerprint density at radius 1 is 1.17 bits per heavy atom. The van der Waals surface area contributed by atoms with Crippen LogP contribution in [-0.4, -0.2) is 43.3 Å². The van der Waals surface area contributed by atoms with Gasteiger partial charge < -0.3 is 9.97 Å². The van der Waals surface area contributed by atoms with Gasteiger partial charge in [0.15, 0.2) is 0 Å². The molecule has 4 heterocycles. The Morgan fingerprint density at radius 2 is 2.10 bits per heavy atom. The van der Waals surface area contributed by atoms with Crippen LogP contribution >= 0.6 is 11.3 Å². The number of para-hydroxylation sites is 1. The number of anilines is 2. The van der Waals surface area contributed by atoms with Crippen LogP contribution in [0.25, 0.3) is 23.3 Å². The molecule has 1 aliphatic heterocycles. The predicted octanol–water partition coefficient (Wildman–Crippen LogP) is 1.67. The number of aromatic amines is 2. The lowest BCUT2D eigenvalue weighted by molar-refractivity contribution is 0.102. The van der Waals surface area contributed by atoms with E-state index in [1.54, 1.807) is 46.8 Å². The number of H-pyrrole nitrogens is 2. The van der Waals surface area contributed by atoms with Crippen molar-refractivity contribution in [3.8, 4) is 0 Å². The fraction of sp³-hybridized carbons (Fsp3) is 0.0526. The monoisotopic (exact) mass is 405 g/mol. The number of benzene rings is 1. The van der Waals surface area contributed by atoms with E-state index in [1.165, 1.54) is 0 Å². The summed E-state index contributed by atoms with van der Waals surface area (Å²) in [6.07, 6.45) is 6.99. The van der Waals surface area contributed by atoms with Gasteiger partial charge in [-0.25, -0.2) is 14.8 Å². The van der Waals surface area contributed by atoms with Gasteiger partial charge in [-0.3, -0.25) is 20.3 Å². The Morgan fingerprint density at radius 3 is 2.97 bits per heavy atom. The molecule has 10 heteroatoms. The van der Waals surface area contributed by atoms with Gasteiger partial charge in [0.1, 0.15) is 5.52 Å². The maximum absolute atomic E-state index is 12.6. The average Bonchev–Trinajstić information content (AvgIpc) is 3.46. The van der Waals surface area contributed by atoms with Crippen LogP contribution in [0.3, 0.4) is 0 Å². The van der Waals surface area contributed by atoms with Crippen LogP contribution in [0.5, 0.6) is 0 Å². The topological polar surface area (TPSA) is 119 Å². The molecule has 144 valence electrons. The van der Waals surface area contributed by atoms with Gasteiger partial charge in [0, 0.05) is 25.1 Å². The molecule has 4 N–H and O–H groups in total. The highest BCUT2D eigenvalue weighted by atomic mass is 32.1. The van der Waals surface area contributed by atoms with Crippen LogP contribution in [0.15, 0.2) is 42.0 Å². The third-order valence-corrected chi connectivity index (χ3v) is 5.35. The van der Waals surface area contributed by atoms with Crippen molar-refractivity contribution in [1.29, 1.82) is 0 Å². The number of nitrogens with zero attached hydrogens (tertiary/aromatic N) is 3. The molecule has 0 saturated heterocycles. The van der Waals surface area contributed by atoms with Gasteiger partial charge in [-0.15, -0.1) is 11.3 Å². The van der Waals surface area contributed by atoms with E-state index in [0.717, 1.165) is 9.75 Å². The molecule has 1 aromatic carbocycles. The molecule has 0 bridgehead atoms. The summed E-state index contributed by atoms with van der Waals surface area (Å²) in [7, 11) is 0. The molecule has 0 spiro atoms. The van der Waals surface area contributed by atoms with E-state index < -0.39 is 0 Å². The number of carbonyl (C=O) groups excluding carboxylic acids is 2. The minimum atomic E-state index is -0.348. The molecule has 9 nitrogen and oxygen atoms in total. The maximum atomic E-state index is 12.6. The van der Waals surface area contributed by atoms with Crippen LogP contribution in [0.1, 0.15) is 10.4 Å². The zero-order valence-corrected chi connectivity index (χ0v) is 15.8. The molecule has 3 aromatic heterocycles. The second-order valence-electron chi connectivity index (χ2n) is 6.33. The van der Waals surface area contributed by atoms with Crippen molar-refractivity contribution in [1.82, 2.24) is 24.8 Å². The fourth-order valence-electron chi connectivity index (χ4n) is 3.09. The molecular weight excluding hydrogens is 390 g/mol. The summed E-state index contributed by atoms with van der Waals surface area (Å²) in [5.74, 6) is 0.272. The maximum Gasteiger partial charge on any atom is 0.328 e. The van der Waals surface area contributed by atoms with E-state index in [4.69, 9.17) is 0 Å². The highest BCUT2D eigenvalue weighted by Crippen LogP contribution is 2.20. The summed E-state index contributed by atoms with van der Waals surface area (Å²) in [5.41, 5.74) is 1.47. The third-order valence-electron chi connectivity index (χ3n) is 4.48. The molecule has 3 amide bonds. The lowest BCUT2D eigenvalue weighted by atomic mass is 10.2. The number of hydrogen-bond acceptors (Lipinski definition) is 5. The summed E-state index contributed by atoms with van der Waals surface area (Å²) in [4.78, 5) is 41.0. The van der Waals surface area contributed by atoms with Crippen LogP contribution in [0.2, 0.25) is 0 Å². The molecule has 0 unspecified atom stereocenters. The first-order valence-electron chi connectivity index (χ1n) is 8.80. The summed E-state index contributed by atoms with van der Waals surface area (Å²) in [5, 5.41) is 8.56. The second-order valence-corrected chi connectivity index (χ2v) is 7.28. The molecular formula is C19H15N7O2S. The summed E-state index contributed by atoms with van der Waals surface area (Å²) in [6, 6.07) is 6.93. The Labute approximate surface area is 167 Å². The number of amides is 3. The van der Waals surface area contributed by atoms with Crippen LogP contribution in [-0.2, 0) is 0 Å². The Balaban J connectivity index is 1.39. The molecule has 5 rings (SSSR count). The van der Waals surface area contributed by atoms with Gasteiger partial charge in [0.2, 0.25) is 11.9 Å². The summed E-state index contributed by atoms with van der Waals surface area (Å²) in [6.45, 7) is 0.479. The molecule has 0 saturated carbocycles. The van der Waals surface area contributed by atoms with Crippen molar-refractivity contribution >= 4 is 58.5 Å². The zero-order chi connectivity index (χ0) is 19.8. The number of imidazole rings is 2. The van der Waals surface area contributed by atoms with Crippen molar-refractivity contribution < 1.29 is 9.59 Å². The standard InChI is InChI=1S/C19H15N7O2S/c27-16(24-17-20-6-7-21-17)12-2-1-3-13-15(12)23-18(22-13)25-19(28)26-8-4-11-5-9-29-14(11)10-26/h1-7,9-10H,8H2,(H2,20,21,24,27)(H2,22,23,25,28). The molecule has 0 radical (unpaired) electrons. The number of thiophene rings is 1. The quantitative estimate of drug-likeness (QED) is 0.414. The second kappa shape index (κ2) is 6.91. The van der Waals surface area contributed by atoms with Gasteiger partial charge in [-0.2, -0.15) is 0 Å². The van der Waals surface area contributed by atoms with Gasteiger partial charge >= 0.3 is 6.03 Å². The average molecular weight is 405 g/mol. The minimum absolute atomic E-state index is 0.272. The van der Waals surface area contributed by atoms with Gasteiger partial charge in [-0.1, -0.05) is 12.1 Å². The highest BCUT2D eigenvalue weighted by molar-refractivity contribution is 7.07. The number of carbonyl (C=O) groups is 2. The first-order valence-corrected chi connectivity index (χ1v) is 9.68. The number of nitrogens with one attached hydrogen (secondary N) is 4. The molecule has 0 aliphatic carbocycles. The van der Waals surface area contributed by atoms with Crippen LogP contribution in [0, 0.1) is 0 Å². The first kappa shape index (κ1) is 17.2. The number of urea groups is 1. The van der Waals surface area contributed by atoms with Crippen molar-refractivity contribution in [2.45, 2.75) is 0 Å². The normalized spacial score (nSPS) is 12.8. The van der Waals surface area contributed by atoms with E-state index in [0.29, 0.717) is 29.1 Å². The fourth-order valence-corrected chi connectivity index (χ4v) is 3.93. The third kappa shape index (κ3) is 3.25. The molecule has 0 fully saturated rings. The lowest BCUT2D eigenvalue weighted by Gasteiger charge is -2.17. The van der Waals surface area contributed by atoms with E-state index in [1.807, 2.05) is 23.7 Å². The summed E-state index contributed by atoms with van der Waals surface area (Å²) < 4.78 is 1.04. The summed E-state index contributed by atoms with van der Waals surface area (Å²) >= 11 is 1.58. The van der Waals surface area contributed by atoms with Crippen LogP contribution in [0.4, 0.5) is 16.7 Å². The minimum Gasteiger partial charge on any atom is -0.331 e. The van der Waals surface area contributed by atoms with E-state index in [9.17, 15) is 9.59 Å². The Kier molecular flexibility index (Phi) is 4.10. The predicted molar refractivity (Wildman–Crippen MR) is 111 cm³/mol. The number of hydrogen-bond donors (Lipinski definition) is 4. The Hall–Kier alpha value is -3.92. The van der Waals surface area contributed by atoms with Crippen molar-refractivity contribution in [2.75, 3.05) is 17.2 Å². The highest BCUT2D eigenvalue weighted by Gasteiger charge is 2.18. The largest absolute Gasteiger partial charge is 0.331 e. The lowest BCUT2D eigenvalue weighted by Crippen LogP contribution is -2.38. The van der Waals surface area contributed by atoms with E-state index in [2.05, 4.69) is 30.6 Å². The van der Waals surface area contributed by atoms with Gasteiger partial charge in [0.05, 0.1) is 15.6 Å². The van der Waals surface area contributed by atoms with Gasteiger partial charge in [-0.05, 0) is 28.8 Å². The van der Waals surface area contributed by atoms with Crippen molar-refractivity contribution in [3.63, 3.8) is 0 Å². The first-order chi connectivity index (χ1) is 14.2. The molecule has 4 aromatic rings. The van der Waals surface area contributed by atoms with Crippen LogP contribution < -0.4 is 20.4 Å². The van der Waals surface area contributed by atoms with Crippen molar-refractivity contribution in [3.05, 3.63) is 57.4 Å². The molecule has 29 heavy (non-hydrogen) atoms. The SMILES string of the molecule is O=C(Nc1ncc[nH]1)c1cccc2[nH]c(NC(=O)N3C=c4sccc4=CC3)nc12. The molecule has 1 aliphatic rings. The van der Waals surface area contributed by atoms with Crippen molar-refractivity contribution in [2.24, 2.45) is 0 Å².